The minimum absolute atomic E-state index is 0. The second-order valence-electron chi connectivity index (χ2n) is 6.22. The number of nitrogens with zero attached hydrogens (tertiary/aromatic N) is 3. The fourth-order valence-electron chi connectivity index (χ4n) is 2.52. The van der Waals surface area contributed by atoms with Crippen LogP contribution in [-0.2, 0) is 6.54 Å². The van der Waals surface area contributed by atoms with Crippen molar-refractivity contribution in [2.75, 3.05) is 5.32 Å². The Hall–Kier alpha value is -2.35. The molecule has 0 bridgehead atoms. The molecule has 0 radical (unpaired) electrons. The van der Waals surface area contributed by atoms with Gasteiger partial charge in [0.2, 0.25) is 0 Å². The molecule has 0 amide bonds. The lowest BCUT2D eigenvalue weighted by Gasteiger charge is -2.10. The molecule has 3 rings (SSSR count). The van der Waals surface area contributed by atoms with Crippen molar-refractivity contribution in [3.05, 3.63) is 78.1 Å². The summed E-state index contributed by atoms with van der Waals surface area (Å²) < 4.78 is 1.82. The highest BCUT2D eigenvalue weighted by molar-refractivity contribution is 14.0. The van der Waals surface area contributed by atoms with Gasteiger partial charge in [-0.2, -0.15) is 5.10 Å². The van der Waals surface area contributed by atoms with Crippen molar-refractivity contribution in [1.82, 2.24) is 9.78 Å². The summed E-state index contributed by atoms with van der Waals surface area (Å²) >= 11 is 0. The van der Waals surface area contributed by atoms with E-state index in [1.165, 1.54) is 5.56 Å². The number of rotatable bonds is 5. The van der Waals surface area contributed by atoms with E-state index in [0.717, 1.165) is 16.9 Å². The highest BCUT2D eigenvalue weighted by Gasteiger charge is 2.01. The Kier molecular flexibility index (Phi) is 7.20. The first-order chi connectivity index (χ1) is 12.1. The van der Waals surface area contributed by atoms with E-state index in [4.69, 9.17) is 5.73 Å². The van der Waals surface area contributed by atoms with Crippen LogP contribution in [0.4, 0.5) is 5.69 Å². The molecule has 0 aliphatic heterocycles. The molecule has 3 N–H and O–H groups in total. The fraction of sp³-hybridized carbons (Fsp3) is 0.200. The average molecular weight is 461 g/mol. The Morgan fingerprint density at radius 2 is 1.92 bits per heavy atom. The van der Waals surface area contributed by atoms with Gasteiger partial charge in [0.25, 0.3) is 0 Å². The van der Waals surface area contributed by atoms with Gasteiger partial charge in [-0.1, -0.05) is 38.1 Å². The molecule has 0 saturated heterocycles. The molecule has 0 unspecified atom stereocenters. The molecule has 1 heterocycles. The first kappa shape index (κ1) is 20.0. The summed E-state index contributed by atoms with van der Waals surface area (Å²) in [7, 11) is 0. The number of aliphatic imine (C=N–C) groups is 1. The number of anilines is 1. The molecule has 5 nitrogen and oxygen atoms in total. The topological polar surface area (TPSA) is 68.2 Å². The number of aromatic nitrogens is 2. The third kappa shape index (κ3) is 5.32. The van der Waals surface area contributed by atoms with Crippen LogP contribution in [0.3, 0.4) is 0 Å². The molecular weight excluding hydrogens is 437 g/mol. The van der Waals surface area contributed by atoms with Crippen LogP contribution in [0.15, 0.2) is 72.0 Å². The summed E-state index contributed by atoms with van der Waals surface area (Å²) in [6.45, 7) is 4.87. The van der Waals surface area contributed by atoms with E-state index in [-0.39, 0.29) is 24.0 Å². The van der Waals surface area contributed by atoms with Gasteiger partial charge in [0.1, 0.15) is 0 Å². The summed E-state index contributed by atoms with van der Waals surface area (Å²) in [5.74, 6) is 0.894. The van der Waals surface area contributed by atoms with Gasteiger partial charge in [-0.25, -0.2) is 9.67 Å². The van der Waals surface area contributed by atoms with Crippen LogP contribution in [0.5, 0.6) is 0 Å². The Balaban J connectivity index is 0.00000243. The smallest absolute Gasteiger partial charge is 0.193 e. The van der Waals surface area contributed by atoms with Crippen molar-refractivity contribution < 1.29 is 0 Å². The van der Waals surface area contributed by atoms with Crippen LogP contribution >= 0.6 is 24.0 Å². The molecular formula is C20H24IN5. The molecule has 2 aromatic carbocycles. The van der Waals surface area contributed by atoms with E-state index < -0.39 is 0 Å². The van der Waals surface area contributed by atoms with E-state index in [1.54, 1.807) is 6.20 Å². The second kappa shape index (κ2) is 9.38. The Morgan fingerprint density at radius 3 is 2.58 bits per heavy atom. The maximum Gasteiger partial charge on any atom is 0.193 e. The normalized spacial score (nSPS) is 11.3. The molecule has 3 aromatic rings. The van der Waals surface area contributed by atoms with Gasteiger partial charge in [-0.05, 0) is 47.4 Å². The minimum atomic E-state index is 0. The third-order valence-electron chi connectivity index (χ3n) is 3.96. The lowest BCUT2D eigenvalue weighted by Crippen LogP contribution is -2.22. The van der Waals surface area contributed by atoms with Gasteiger partial charge in [-0.15, -0.1) is 24.0 Å². The lowest BCUT2D eigenvalue weighted by molar-refractivity contribution is 0.867. The van der Waals surface area contributed by atoms with E-state index in [1.807, 2.05) is 53.3 Å². The first-order valence-corrected chi connectivity index (χ1v) is 8.37. The Morgan fingerprint density at radius 1 is 1.15 bits per heavy atom. The molecule has 0 saturated carbocycles. The van der Waals surface area contributed by atoms with E-state index in [2.05, 4.69) is 41.4 Å². The van der Waals surface area contributed by atoms with Crippen LogP contribution in [0.25, 0.3) is 5.69 Å². The van der Waals surface area contributed by atoms with Crippen molar-refractivity contribution in [3.8, 4) is 5.69 Å². The number of guanidine groups is 1. The number of hydrogen-bond acceptors (Lipinski definition) is 2. The van der Waals surface area contributed by atoms with Gasteiger partial charge >= 0.3 is 0 Å². The Bertz CT molecular complexity index is 839. The predicted octanol–water partition coefficient (Wildman–Crippen LogP) is 4.54. The van der Waals surface area contributed by atoms with Gasteiger partial charge in [0.15, 0.2) is 5.96 Å². The van der Waals surface area contributed by atoms with Gasteiger partial charge in [0.05, 0.1) is 12.2 Å². The largest absolute Gasteiger partial charge is 0.370 e. The van der Waals surface area contributed by atoms with E-state index in [0.29, 0.717) is 18.4 Å². The molecule has 0 atom stereocenters. The maximum atomic E-state index is 6.01. The number of hydrogen-bond donors (Lipinski definition) is 2. The lowest BCUT2D eigenvalue weighted by atomic mass is 10.0. The van der Waals surface area contributed by atoms with Crippen LogP contribution in [0.1, 0.15) is 30.9 Å². The SMILES string of the molecule is CC(C)c1cccc(NC(N)=NCc2ccc(-n3cccn3)cc2)c1.I. The highest BCUT2D eigenvalue weighted by atomic mass is 127. The molecule has 136 valence electrons. The van der Waals surface area contributed by atoms with Crippen molar-refractivity contribution >= 4 is 35.6 Å². The van der Waals surface area contributed by atoms with Crippen LogP contribution in [0.2, 0.25) is 0 Å². The van der Waals surface area contributed by atoms with Crippen LogP contribution in [-0.4, -0.2) is 15.7 Å². The number of nitrogens with one attached hydrogen (secondary N) is 1. The maximum absolute atomic E-state index is 6.01. The van der Waals surface area contributed by atoms with Crippen molar-refractivity contribution in [3.63, 3.8) is 0 Å². The standard InChI is InChI=1S/C20H23N5.HI/c1-15(2)17-5-3-6-18(13-17)24-20(21)22-14-16-7-9-19(10-8-16)25-12-4-11-23-25;/h3-13,15H,14H2,1-2H3,(H3,21,22,24);1H. The predicted molar refractivity (Wildman–Crippen MR) is 118 cm³/mol. The van der Waals surface area contributed by atoms with E-state index >= 15 is 0 Å². The van der Waals surface area contributed by atoms with Crippen LogP contribution in [0, 0.1) is 0 Å². The summed E-state index contributed by atoms with van der Waals surface area (Å²) in [5.41, 5.74) is 10.4. The van der Waals surface area contributed by atoms with Crippen LogP contribution < -0.4 is 11.1 Å². The monoisotopic (exact) mass is 461 g/mol. The van der Waals surface area contributed by atoms with E-state index in [9.17, 15) is 0 Å². The summed E-state index contributed by atoms with van der Waals surface area (Å²) in [6, 6.07) is 18.3. The molecule has 6 heteroatoms. The summed E-state index contributed by atoms with van der Waals surface area (Å²) in [6.07, 6.45) is 3.68. The molecule has 0 spiro atoms. The molecule has 0 aliphatic rings. The quantitative estimate of drug-likeness (QED) is 0.333. The number of halogens is 1. The second-order valence-corrected chi connectivity index (χ2v) is 6.22. The molecule has 0 fully saturated rings. The van der Waals surface area contributed by atoms with Gasteiger partial charge < -0.3 is 11.1 Å². The summed E-state index contributed by atoms with van der Waals surface area (Å²) in [4.78, 5) is 4.42. The van der Waals surface area contributed by atoms with Crippen molar-refractivity contribution in [1.29, 1.82) is 0 Å². The fourth-order valence-corrected chi connectivity index (χ4v) is 2.52. The molecule has 26 heavy (non-hydrogen) atoms. The zero-order valence-corrected chi connectivity index (χ0v) is 17.3. The third-order valence-corrected chi connectivity index (χ3v) is 3.96. The Labute approximate surface area is 171 Å². The van der Waals surface area contributed by atoms with Crippen molar-refractivity contribution in [2.24, 2.45) is 10.7 Å². The molecule has 1 aromatic heterocycles. The minimum Gasteiger partial charge on any atom is -0.370 e. The molecule has 0 aliphatic carbocycles. The highest BCUT2D eigenvalue weighted by Crippen LogP contribution is 2.18. The van der Waals surface area contributed by atoms with Crippen molar-refractivity contribution in [2.45, 2.75) is 26.3 Å². The number of nitrogens with two attached hydrogens (primary N) is 1. The number of benzene rings is 2. The zero-order chi connectivity index (χ0) is 17.6. The summed E-state index contributed by atoms with van der Waals surface area (Å²) in [5, 5.41) is 7.37. The first-order valence-electron chi connectivity index (χ1n) is 8.37. The van der Waals surface area contributed by atoms with Gasteiger partial charge in [-0.3, -0.25) is 0 Å². The van der Waals surface area contributed by atoms with Gasteiger partial charge in [0, 0.05) is 18.1 Å². The zero-order valence-electron chi connectivity index (χ0n) is 15.0. The average Bonchev–Trinajstić information content (AvgIpc) is 3.15.